The van der Waals surface area contributed by atoms with Crippen LogP contribution in [0.1, 0.15) is 13.8 Å². The van der Waals surface area contributed by atoms with E-state index in [0.29, 0.717) is 0 Å². The molecule has 0 aromatic rings. The molecular weight excluding hydrogens is 183 g/mol. The van der Waals surface area contributed by atoms with Crippen LogP contribution in [0, 0.1) is 0 Å². The fourth-order valence-electron chi connectivity index (χ4n) is 0.427. The third-order valence-corrected chi connectivity index (χ3v) is 2.35. The van der Waals surface area contributed by atoms with Gasteiger partial charge in [0.25, 0.3) is 5.91 Å². The first kappa shape index (κ1) is 11.6. The van der Waals surface area contributed by atoms with E-state index in [-0.39, 0.29) is 0 Å². The molecule has 0 rings (SSSR count). The van der Waals surface area contributed by atoms with Crippen LogP contribution in [0.3, 0.4) is 0 Å². The van der Waals surface area contributed by atoms with Crippen LogP contribution in [0.5, 0.6) is 0 Å². The summed E-state index contributed by atoms with van der Waals surface area (Å²) >= 11 is 0. The van der Waals surface area contributed by atoms with E-state index in [4.69, 9.17) is 0 Å². The topological polar surface area (TPSA) is 120 Å². The number of quaternary nitrogens is 1. The van der Waals surface area contributed by atoms with Gasteiger partial charge in [0.15, 0.2) is 6.04 Å². The predicted molar refractivity (Wildman–Crippen MR) is 37.6 cm³/mol. The van der Waals surface area contributed by atoms with Crippen LogP contribution in [0.2, 0.25) is 0 Å². The minimum absolute atomic E-state index is 0.547. The average molecular weight is 195 g/mol. The summed E-state index contributed by atoms with van der Waals surface area (Å²) in [6, 6.07) is -0.570. The van der Waals surface area contributed by atoms with Crippen LogP contribution in [0.4, 0.5) is 0 Å². The van der Waals surface area contributed by atoms with Crippen molar-refractivity contribution >= 4 is 13.5 Å². The Morgan fingerprint density at radius 2 is 1.92 bits per heavy atom. The summed E-state index contributed by atoms with van der Waals surface area (Å²) in [5.41, 5.74) is 3.37. The number of amides is 1. The quantitative estimate of drug-likeness (QED) is 0.466. The molecule has 4 N–H and O–H groups in total. The summed E-state index contributed by atoms with van der Waals surface area (Å²) in [7, 11) is -4.71. The third kappa shape index (κ3) is 3.82. The predicted octanol–water partition coefficient (Wildman–Crippen LogP) is -3.01. The number of carbonyl (C=O) groups excluding carboxylic acids is 1. The van der Waals surface area contributed by atoms with Crippen molar-refractivity contribution in [1.82, 2.24) is 5.32 Å². The van der Waals surface area contributed by atoms with Crippen molar-refractivity contribution in [2.45, 2.75) is 25.7 Å². The van der Waals surface area contributed by atoms with E-state index in [1.807, 2.05) is 5.32 Å². The molecule has 0 aliphatic heterocycles. The second kappa shape index (κ2) is 4.00. The summed E-state index contributed by atoms with van der Waals surface area (Å²) in [4.78, 5) is 31.5. The molecule has 0 fully saturated rings. The SMILES string of the molecule is C[C@H]([NH3+])C(=O)N[C@@H](C)P(=O)([O-])[O-]. The van der Waals surface area contributed by atoms with Crippen LogP contribution < -0.4 is 20.8 Å². The molecule has 0 unspecified atom stereocenters. The highest BCUT2D eigenvalue weighted by atomic mass is 31.2. The molecular formula is C5H12N2O4P-. The Kier molecular flexibility index (Phi) is 3.86. The van der Waals surface area contributed by atoms with Crippen molar-refractivity contribution in [3.05, 3.63) is 0 Å². The number of hydrogen-bond donors (Lipinski definition) is 2. The first-order valence-corrected chi connectivity index (χ1v) is 5.01. The summed E-state index contributed by atoms with van der Waals surface area (Å²) in [6.07, 6.45) is 0. The van der Waals surface area contributed by atoms with Gasteiger partial charge in [-0.3, -0.25) is 4.79 Å². The van der Waals surface area contributed by atoms with Gasteiger partial charge in [-0.15, -0.1) is 0 Å². The number of nitrogens with one attached hydrogen (secondary N) is 1. The van der Waals surface area contributed by atoms with Crippen LogP contribution >= 0.6 is 7.60 Å². The Morgan fingerprint density at radius 3 is 2.17 bits per heavy atom. The molecule has 0 saturated carbocycles. The molecule has 0 aliphatic carbocycles. The van der Waals surface area contributed by atoms with Gasteiger partial charge >= 0.3 is 0 Å². The Bertz CT molecular complexity index is 211. The first-order valence-electron chi connectivity index (χ1n) is 3.40. The standard InChI is InChI=1S/C5H13N2O4P/c1-3(6)5(8)7-4(2)12(9,10)11/h3-4H,6H2,1-2H3,(H,7,8)(H2,9,10,11)/p-1/t3-,4+/m0/s1. The van der Waals surface area contributed by atoms with Gasteiger partial charge < -0.3 is 25.4 Å². The number of rotatable bonds is 3. The molecule has 7 heteroatoms. The highest BCUT2D eigenvalue weighted by Gasteiger charge is 2.15. The molecule has 0 heterocycles. The summed E-state index contributed by atoms with van der Waals surface area (Å²) in [5.74, 6) is -1.91. The molecule has 0 aromatic heterocycles. The van der Waals surface area contributed by atoms with E-state index in [9.17, 15) is 19.1 Å². The molecule has 12 heavy (non-hydrogen) atoms. The monoisotopic (exact) mass is 195 g/mol. The summed E-state index contributed by atoms with van der Waals surface area (Å²) < 4.78 is 10.3. The maximum Gasteiger partial charge on any atom is 0.278 e. The lowest BCUT2D eigenvalue weighted by Gasteiger charge is -2.36. The summed E-state index contributed by atoms with van der Waals surface area (Å²) in [6.45, 7) is 2.63. The minimum Gasteiger partial charge on any atom is -0.809 e. The van der Waals surface area contributed by atoms with Crippen LogP contribution in [-0.4, -0.2) is 17.7 Å². The molecule has 2 atom stereocenters. The van der Waals surface area contributed by atoms with Gasteiger partial charge in [0.2, 0.25) is 0 Å². The smallest absolute Gasteiger partial charge is 0.278 e. The van der Waals surface area contributed by atoms with Gasteiger partial charge in [-0.05, 0) is 21.4 Å². The lowest BCUT2D eigenvalue weighted by atomic mass is 10.3. The van der Waals surface area contributed by atoms with Gasteiger partial charge in [0.05, 0.1) is 5.78 Å². The second-order valence-electron chi connectivity index (χ2n) is 2.63. The van der Waals surface area contributed by atoms with E-state index in [1.54, 1.807) is 0 Å². The Hall–Kier alpha value is -0.420. The van der Waals surface area contributed by atoms with Crippen molar-refractivity contribution in [1.29, 1.82) is 0 Å². The zero-order chi connectivity index (χ0) is 9.94. The zero-order valence-electron chi connectivity index (χ0n) is 6.94. The van der Waals surface area contributed by atoms with Crippen molar-refractivity contribution < 1.29 is 24.9 Å². The lowest BCUT2D eigenvalue weighted by molar-refractivity contribution is -0.398. The summed E-state index contributed by atoms with van der Waals surface area (Å²) in [5, 5.41) is 2.03. The molecule has 72 valence electrons. The molecule has 1 amide bonds. The van der Waals surface area contributed by atoms with E-state index in [1.165, 1.54) is 6.92 Å². The molecule has 0 aliphatic rings. The van der Waals surface area contributed by atoms with Gasteiger partial charge in [-0.2, -0.15) is 0 Å². The Morgan fingerprint density at radius 1 is 1.50 bits per heavy atom. The average Bonchev–Trinajstić information content (AvgIpc) is 1.85. The van der Waals surface area contributed by atoms with Crippen molar-refractivity contribution in [3.8, 4) is 0 Å². The van der Waals surface area contributed by atoms with E-state index >= 15 is 0 Å². The van der Waals surface area contributed by atoms with E-state index < -0.39 is 25.3 Å². The highest BCUT2D eigenvalue weighted by Crippen LogP contribution is 2.28. The lowest BCUT2D eigenvalue weighted by Crippen LogP contribution is -2.66. The van der Waals surface area contributed by atoms with Crippen LogP contribution in [0.15, 0.2) is 0 Å². The maximum atomic E-state index is 10.8. The molecule has 0 saturated heterocycles. The van der Waals surface area contributed by atoms with E-state index in [0.717, 1.165) is 6.92 Å². The van der Waals surface area contributed by atoms with Crippen molar-refractivity contribution in [2.75, 3.05) is 0 Å². The normalized spacial score (nSPS) is 16.8. The fraction of sp³-hybridized carbons (Fsp3) is 0.800. The number of hydrogen-bond acceptors (Lipinski definition) is 4. The maximum absolute atomic E-state index is 10.8. The van der Waals surface area contributed by atoms with Crippen molar-refractivity contribution in [3.63, 3.8) is 0 Å². The minimum atomic E-state index is -4.71. The van der Waals surface area contributed by atoms with Crippen LogP contribution in [-0.2, 0) is 9.36 Å². The van der Waals surface area contributed by atoms with Gasteiger partial charge in [-0.25, -0.2) is 0 Å². The molecule has 6 nitrogen and oxygen atoms in total. The molecule has 0 bridgehead atoms. The zero-order valence-corrected chi connectivity index (χ0v) is 7.84. The number of carbonyl (C=O) groups is 1. The molecule has 0 spiro atoms. The molecule has 0 aromatic carbocycles. The Balaban J connectivity index is 4.11. The first-order chi connectivity index (χ1) is 5.25. The van der Waals surface area contributed by atoms with Gasteiger partial charge in [0.1, 0.15) is 0 Å². The van der Waals surface area contributed by atoms with Gasteiger partial charge in [0, 0.05) is 0 Å². The third-order valence-electron chi connectivity index (χ3n) is 1.27. The highest BCUT2D eigenvalue weighted by molar-refractivity contribution is 7.49. The molecule has 0 radical (unpaired) electrons. The van der Waals surface area contributed by atoms with Crippen molar-refractivity contribution in [2.24, 2.45) is 0 Å². The van der Waals surface area contributed by atoms with E-state index in [2.05, 4.69) is 5.73 Å². The fourth-order valence-corrected chi connectivity index (χ4v) is 0.713. The largest absolute Gasteiger partial charge is 0.809 e. The Labute approximate surface area is 70.3 Å². The van der Waals surface area contributed by atoms with Crippen LogP contribution in [0.25, 0.3) is 0 Å². The second-order valence-corrected chi connectivity index (χ2v) is 4.48. The van der Waals surface area contributed by atoms with Gasteiger partial charge in [-0.1, -0.05) is 0 Å².